The summed E-state index contributed by atoms with van der Waals surface area (Å²) in [7, 11) is 1.82. The van der Waals surface area contributed by atoms with Crippen LogP contribution >= 0.6 is 0 Å². The Balaban J connectivity index is 2.26. The molecule has 0 aromatic heterocycles. The van der Waals surface area contributed by atoms with Crippen LogP contribution in [0.4, 0.5) is 10.1 Å². The second-order valence-corrected chi connectivity index (χ2v) is 4.49. The second kappa shape index (κ2) is 5.98. The Hall–Kier alpha value is -2.67. The van der Waals surface area contributed by atoms with Gasteiger partial charge in [-0.1, -0.05) is 12.1 Å². The number of anilines is 1. The monoisotopic (exact) mass is 268 g/mol. The van der Waals surface area contributed by atoms with E-state index in [9.17, 15) is 9.18 Å². The van der Waals surface area contributed by atoms with Gasteiger partial charge in [-0.3, -0.25) is 4.79 Å². The number of rotatable bonds is 4. The van der Waals surface area contributed by atoms with Crippen molar-refractivity contribution < 1.29 is 9.18 Å². The fourth-order valence-electron chi connectivity index (χ4n) is 2.07. The molecule has 0 aliphatic carbocycles. The predicted molar refractivity (Wildman–Crippen MR) is 75.1 cm³/mol. The Labute approximate surface area is 116 Å². The minimum absolute atomic E-state index is 0.309. The molecule has 2 aromatic rings. The van der Waals surface area contributed by atoms with E-state index in [2.05, 4.69) is 6.07 Å². The minimum atomic E-state index is -0.435. The number of hydrogen-bond donors (Lipinski definition) is 0. The number of nitriles is 1. The average Bonchev–Trinajstić information content (AvgIpc) is 2.47. The summed E-state index contributed by atoms with van der Waals surface area (Å²) in [6.07, 6.45) is 0.639. The molecule has 0 aliphatic rings. The van der Waals surface area contributed by atoms with Gasteiger partial charge in [-0.15, -0.1) is 0 Å². The first-order chi connectivity index (χ1) is 9.63. The van der Waals surface area contributed by atoms with Gasteiger partial charge in [0.15, 0.2) is 6.29 Å². The maximum atomic E-state index is 13.1. The van der Waals surface area contributed by atoms with Crippen LogP contribution in [-0.4, -0.2) is 13.3 Å². The largest absolute Gasteiger partial charge is 0.370 e. The average molecular weight is 268 g/mol. The van der Waals surface area contributed by atoms with Crippen LogP contribution in [0, 0.1) is 17.1 Å². The summed E-state index contributed by atoms with van der Waals surface area (Å²) in [5, 5.41) is 8.87. The second-order valence-electron chi connectivity index (χ2n) is 4.49. The van der Waals surface area contributed by atoms with E-state index >= 15 is 0 Å². The van der Waals surface area contributed by atoms with E-state index in [0.29, 0.717) is 29.6 Å². The summed E-state index contributed by atoms with van der Waals surface area (Å²) in [6, 6.07) is 13.4. The van der Waals surface area contributed by atoms with Crippen LogP contribution < -0.4 is 4.90 Å². The van der Waals surface area contributed by atoms with E-state index < -0.39 is 5.82 Å². The summed E-state index contributed by atoms with van der Waals surface area (Å²) < 4.78 is 13.1. The smallest absolute Gasteiger partial charge is 0.152 e. The minimum Gasteiger partial charge on any atom is -0.370 e. The van der Waals surface area contributed by atoms with Crippen molar-refractivity contribution in [1.29, 1.82) is 5.26 Å². The molecule has 0 heterocycles. The highest BCUT2D eigenvalue weighted by Gasteiger charge is 2.09. The fraction of sp³-hybridized carbons (Fsp3) is 0.125. The molecule has 20 heavy (non-hydrogen) atoms. The number of halogens is 1. The van der Waals surface area contributed by atoms with Crippen LogP contribution in [0.15, 0.2) is 42.5 Å². The van der Waals surface area contributed by atoms with Crippen molar-refractivity contribution in [3.05, 3.63) is 65.0 Å². The molecular weight excluding hydrogens is 255 g/mol. The standard InChI is InChI=1S/C16H13FN2O/c1-19(10-13-4-2-3-12(7-13)9-18)16-6-5-15(17)8-14(16)11-20/h2-8,11H,10H2,1H3. The lowest BCUT2D eigenvalue weighted by atomic mass is 10.1. The van der Waals surface area contributed by atoms with Crippen molar-refractivity contribution >= 4 is 12.0 Å². The summed E-state index contributed by atoms with van der Waals surface area (Å²) in [5.74, 6) is -0.435. The molecule has 0 N–H and O–H groups in total. The van der Waals surface area contributed by atoms with Gasteiger partial charge in [-0.2, -0.15) is 5.26 Å². The van der Waals surface area contributed by atoms with Crippen LogP contribution in [0.25, 0.3) is 0 Å². The first kappa shape index (κ1) is 13.8. The third-order valence-electron chi connectivity index (χ3n) is 3.00. The van der Waals surface area contributed by atoms with Gasteiger partial charge in [-0.25, -0.2) is 4.39 Å². The van der Waals surface area contributed by atoms with Gasteiger partial charge in [0, 0.05) is 24.8 Å². The molecule has 0 radical (unpaired) electrons. The van der Waals surface area contributed by atoms with Crippen LogP contribution in [0.3, 0.4) is 0 Å². The maximum absolute atomic E-state index is 13.1. The lowest BCUT2D eigenvalue weighted by Gasteiger charge is -2.21. The highest BCUT2D eigenvalue weighted by molar-refractivity contribution is 5.84. The molecule has 3 nitrogen and oxygen atoms in total. The van der Waals surface area contributed by atoms with Crippen molar-refractivity contribution in [1.82, 2.24) is 0 Å². The Bertz CT molecular complexity index is 676. The van der Waals surface area contributed by atoms with Crippen molar-refractivity contribution in [3.8, 4) is 6.07 Å². The van der Waals surface area contributed by atoms with E-state index in [1.54, 1.807) is 18.2 Å². The van der Waals surface area contributed by atoms with Crippen molar-refractivity contribution in [2.75, 3.05) is 11.9 Å². The molecule has 100 valence electrons. The van der Waals surface area contributed by atoms with E-state index in [1.165, 1.54) is 12.1 Å². The summed E-state index contributed by atoms with van der Waals surface area (Å²) in [6.45, 7) is 0.530. The Morgan fingerprint density at radius 3 is 2.80 bits per heavy atom. The Morgan fingerprint density at radius 1 is 1.30 bits per heavy atom. The molecule has 0 aliphatic heterocycles. The fourth-order valence-corrected chi connectivity index (χ4v) is 2.07. The Kier molecular flexibility index (Phi) is 4.11. The molecule has 0 saturated carbocycles. The van der Waals surface area contributed by atoms with Crippen molar-refractivity contribution in [3.63, 3.8) is 0 Å². The summed E-state index contributed by atoms with van der Waals surface area (Å²) in [4.78, 5) is 12.8. The normalized spacial score (nSPS) is 9.85. The zero-order valence-corrected chi connectivity index (χ0v) is 11.0. The van der Waals surface area contributed by atoms with Gasteiger partial charge in [0.1, 0.15) is 5.82 Å². The molecule has 4 heteroatoms. The number of nitrogens with zero attached hydrogens (tertiary/aromatic N) is 2. The van der Waals surface area contributed by atoms with Crippen molar-refractivity contribution in [2.24, 2.45) is 0 Å². The third-order valence-corrected chi connectivity index (χ3v) is 3.00. The number of aldehydes is 1. The molecule has 0 amide bonds. The van der Waals surface area contributed by atoms with E-state index in [4.69, 9.17) is 5.26 Å². The van der Waals surface area contributed by atoms with Crippen LogP contribution in [0.1, 0.15) is 21.5 Å². The van der Waals surface area contributed by atoms with Gasteiger partial charge in [0.25, 0.3) is 0 Å². The summed E-state index contributed by atoms with van der Waals surface area (Å²) in [5.41, 5.74) is 2.51. The van der Waals surface area contributed by atoms with E-state index in [-0.39, 0.29) is 0 Å². The van der Waals surface area contributed by atoms with Gasteiger partial charge in [-0.05, 0) is 35.9 Å². The molecule has 2 rings (SSSR count). The molecule has 0 unspecified atom stereocenters. The third kappa shape index (κ3) is 3.01. The van der Waals surface area contributed by atoms with Crippen LogP contribution in [0.2, 0.25) is 0 Å². The first-order valence-corrected chi connectivity index (χ1v) is 6.09. The molecule has 0 atom stereocenters. The van der Waals surface area contributed by atoms with Gasteiger partial charge in [0.2, 0.25) is 0 Å². The SMILES string of the molecule is CN(Cc1cccc(C#N)c1)c1ccc(F)cc1C=O. The summed E-state index contributed by atoms with van der Waals surface area (Å²) >= 11 is 0. The zero-order valence-electron chi connectivity index (χ0n) is 11.0. The molecule has 2 aromatic carbocycles. The van der Waals surface area contributed by atoms with Crippen LogP contribution in [-0.2, 0) is 6.54 Å². The van der Waals surface area contributed by atoms with Gasteiger partial charge in [0.05, 0.1) is 11.6 Å². The highest BCUT2D eigenvalue weighted by Crippen LogP contribution is 2.21. The number of carbonyl (C=O) groups excluding carboxylic acids is 1. The molecule has 0 spiro atoms. The van der Waals surface area contributed by atoms with Gasteiger partial charge < -0.3 is 4.90 Å². The number of benzene rings is 2. The zero-order chi connectivity index (χ0) is 14.5. The lowest BCUT2D eigenvalue weighted by molar-refractivity contribution is 0.112. The van der Waals surface area contributed by atoms with Crippen LogP contribution in [0.5, 0.6) is 0 Å². The molecule has 0 fully saturated rings. The van der Waals surface area contributed by atoms with E-state index in [1.807, 2.05) is 24.1 Å². The highest BCUT2D eigenvalue weighted by atomic mass is 19.1. The van der Waals surface area contributed by atoms with Crippen molar-refractivity contribution in [2.45, 2.75) is 6.54 Å². The number of carbonyl (C=O) groups is 1. The van der Waals surface area contributed by atoms with Gasteiger partial charge >= 0.3 is 0 Å². The number of hydrogen-bond acceptors (Lipinski definition) is 3. The van der Waals surface area contributed by atoms with E-state index in [0.717, 1.165) is 5.56 Å². The predicted octanol–water partition coefficient (Wildman–Crippen LogP) is 3.15. The molecule has 0 bridgehead atoms. The molecular formula is C16H13FN2O. The molecule has 0 saturated heterocycles. The Morgan fingerprint density at radius 2 is 2.10 bits per heavy atom. The maximum Gasteiger partial charge on any atom is 0.152 e. The quantitative estimate of drug-likeness (QED) is 0.800. The lowest BCUT2D eigenvalue weighted by Crippen LogP contribution is -2.18. The topological polar surface area (TPSA) is 44.1 Å². The first-order valence-electron chi connectivity index (χ1n) is 6.09.